The molecule has 4 N–H and O–H groups in total. The second-order valence-electron chi connectivity index (χ2n) is 1.60. The fourth-order valence-electron chi connectivity index (χ4n) is 0.170. The maximum atomic E-state index is 10.4. The lowest BCUT2D eigenvalue weighted by Gasteiger charge is -2.21. The van der Waals surface area contributed by atoms with E-state index in [1.165, 1.54) is 0 Å². The van der Waals surface area contributed by atoms with E-state index in [0.29, 0.717) is 0 Å². The fourth-order valence-corrected chi connectivity index (χ4v) is 1.53. The highest BCUT2D eigenvalue weighted by Gasteiger charge is 2.56. The molecule has 0 aliphatic heterocycles. The van der Waals surface area contributed by atoms with Crippen molar-refractivity contribution in [2.24, 2.45) is 0 Å². The highest BCUT2D eigenvalue weighted by molar-refractivity contribution is 9.29. The van der Waals surface area contributed by atoms with Gasteiger partial charge in [-0.3, -0.25) is 9.13 Å². The fraction of sp³-hybridized carbons (Fsp3) is 1.00. The van der Waals surface area contributed by atoms with Gasteiger partial charge < -0.3 is 19.6 Å². The molecule has 0 rings (SSSR count). The highest BCUT2D eigenvalue weighted by atomic mass is 79.9. The summed E-state index contributed by atoms with van der Waals surface area (Å²) in [5.41, 5.74) is 0. The van der Waals surface area contributed by atoms with E-state index < -0.39 is 17.9 Å². The Balaban J connectivity index is 5.08. The maximum Gasteiger partial charge on any atom is 0.365 e. The first-order valence-electron chi connectivity index (χ1n) is 1.99. The van der Waals surface area contributed by atoms with Crippen LogP contribution in [0.5, 0.6) is 0 Å². The number of halogens is 2. The molecule has 6 nitrogen and oxygen atoms in total. The van der Waals surface area contributed by atoms with Gasteiger partial charge in [0.15, 0.2) is 0 Å². The zero-order chi connectivity index (χ0) is 9.50. The van der Waals surface area contributed by atoms with Gasteiger partial charge in [-0.05, 0) is 31.9 Å². The normalized spacial score (nSPS) is 15.1. The standard InChI is InChI=1S/CH4Br2O6P2/c2-1(3,10(4,5)6)11(7,8)9/h(H2,4,5,6)(H2,7,8,9). The number of alkyl halides is 2. The first-order valence-corrected chi connectivity index (χ1v) is 6.80. The quantitative estimate of drug-likeness (QED) is 0.438. The SMILES string of the molecule is O=P(O)(O)C(Br)(Br)P(=O)(O)O. The summed E-state index contributed by atoms with van der Waals surface area (Å²) >= 11 is 4.43. The molecule has 0 radical (unpaired) electrons. The zero-order valence-corrected chi connectivity index (χ0v) is 9.72. The van der Waals surface area contributed by atoms with Crippen LogP contribution in [0.1, 0.15) is 0 Å². The molecule has 0 aromatic carbocycles. The molecule has 0 heterocycles. The van der Waals surface area contributed by atoms with Crippen LogP contribution in [0.3, 0.4) is 0 Å². The molecule has 11 heavy (non-hydrogen) atoms. The molecule has 0 amide bonds. The smallest absolute Gasteiger partial charge is 0.322 e. The zero-order valence-electron chi connectivity index (χ0n) is 4.76. The van der Waals surface area contributed by atoms with Gasteiger partial charge >= 0.3 is 15.2 Å². The van der Waals surface area contributed by atoms with Crippen molar-refractivity contribution in [3.05, 3.63) is 0 Å². The second-order valence-corrected chi connectivity index (χ2v) is 11.4. The Hall–Kier alpha value is 1.26. The molecule has 0 aliphatic carbocycles. The molecule has 0 saturated carbocycles. The average Bonchev–Trinajstić information content (AvgIpc) is 1.58. The van der Waals surface area contributed by atoms with Crippen LogP contribution in [0, 0.1) is 0 Å². The van der Waals surface area contributed by atoms with Crippen molar-refractivity contribution >= 4 is 47.1 Å². The van der Waals surface area contributed by atoms with Crippen LogP contribution in [0.15, 0.2) is 0 Å². The van der Waals surface area contributed by atoms with Gasteiger partial charge in [0.25, 0.3) is 2.72 Å². The van der Waals surface area contributed by atoms with E-state index in [4.69, 9.17) is 19.6 Å². The van der Waals surface area contributed by atoms with Gasteiger partial charge in [0.05, 0.1) is 0 Å². The summed E-state index contributed by atoms with van der Waals surface area (Å²) < 4.78 is 18.1. The first-order chi connectivity index (χ1) is 4.50. The molecule has 0 spiro atoms. The molecule has 68 valence electrons. The third-order valence-electron chi connectivity index (χ3n) is 0.701. The topological polar surface area (TPSA) is 115 Å². The van der Waals surface area contributed by atoms with Crippen molar-refractivity contribution in [3.63, 3.8) is 0 Å². The average molecular weight is 334 g/mol. The molecular weight excluding hydrogens is 330 g/mol. The maximum absolute atomic E-state index is 10.4. The molecule has 0 aliphatic rings. The number of rotatable bonds is 2. The Kier molecular flexibility index (Phi) is 3.56. The Morgan fingerprint density at radius 3 is 1.09 bits per heavy atom. The Morgan fingerprint density at radius 2 is 1.09 bits per heavy atom. The Bertz CT molecular complexity index is 211. The summed E-state index contributed by atoms with van der Waals surface area (Å²) in [5.74, 6) is 0. The van der Waals surface area contributed by atoms with Crippen molar-refractivity contribution in [2.75, 3.05) is 0 Å². The first kappa shape index (κ1) is 12.3. The minimum Gasteiger partial charge on any atom is -0.322 e. The number of hydrogen-bond donors (Lipinski definition) is 4. The summed E-state index contributed by atoms with van der Waals surface area (Å²) in [6.07, 6.45) is 0. The largest absolute Gasteiger partial charge is 0.365 e. The van der Waals surface area contributed by atoms with Crippen LogP contribution in [0.4, 0.5) is 0 Å². The van der Waals surface area contributed by atoms with E-state index in [9.17, 15) is 9.13 Å². The third-order valence-corrected chi connectivity index (χ3v) is 9.21. The lowest BCUT2D eigenvalue weighted by Crippen LogP contribution is -2.11. The van der Waals surface area contributed by atoms with Gasteiger partial charge in [-0.25, -0.2) is 0 Å². The van der Waals surface area contributed by atoms with E-state index in [-0.39, 0.29) is 0 Å². The van der Waals surface area contributed by atoms with Gasteiger partial charge in [0.1, 0.15) is 0 Å². The van der Waals surface area contributed by atoms with Gasteiger partial charge in [0, 0.05) is 0 Å². The van der Waals surface area contributed by atoms with Crippen molar-refractivity contribution in [3.8, 4) is 0 Å². The predicted molar refractivity (Wildman–Crippen MR) is 44.7 cm³/mol. The van der Waals surface area contributed by atoms with Crippen LogP contribution in [-0.2, 0) is 9.13 Å². The minimum atomic E-state index is -4.92. The summed E-state index contributed by atoms with van der Waals surface area (Å²) in [5, 5.41) is 0. The van der Waals surface area contributed by atoms with Gasteiger partial charge in [-0.15, -0.1) is 0 Å². The summed E-state index contributed by atoms with van der Waals surface area (Å²) in [6, 6.07) is 0. The van der Waals surface area contributed by atoms with Crippen molar-refractivity contribution in [2.45, 2.75) is 2.72 Å². The lowest BCUT2D eigenvalue weighted by atomic mass is 11.9. The van der Waals surface area contributed by atoms with Crippen LogP contribution in [0.2, 0.25) is 0 Å². The minimum absolute atomic E-state index is 2.21. The van der Waals surface area contributed by atoms with Crippen LogP contribution in [0.25, 0.3) is 0 Å². The molecule has 0 aromatic rings. The predicted octanol–water partition coefficient (Wildman–Crippen LogP) is 0.743. The summed E-state index contributed by atoms with van der Waals surface area (Å²) in [7, 11) is -9.84. The lowest BCUT2D eigenvalue weighted by molar-refractivity contribution is 0.350. The van der Waals surface area contributed by atoms with Crippen LogP contribution < -0.4 is 0 Å². The van der Waals surface area contributed by atoms with E-state index >= 15 is 0 Å². The van der Waals surface area contributed by atoms with Crippen LogP contribution >= 0.6 is 47.1 Å². The molecular formula is CH4Br2O6P2. The summed E-state index contributed by atoms with van der Waals surface area (Å²) in [4.78, 5) is 33.6. The molecule has 0 aromatic heterocycles. The van der Waals surface area contributed by atoms with E-state index in [1.54, 1.807) is 0 Å². The van der Waals surface area contributed by atoms with Crippen molar-refractivity contribution < 1.29 is 28.7 Å². The molecule has 0 saturated heterocycles. The van der Waals surface area contributed by atoms with Crippen molar-refractivity contribution in [1.29, 1.82) is 0 Å². The van der Waals surface area contributed by atoms with E-state index in [0.717, 1.165) is 0 Å². The van der Waals surface area contributed by atoms with Gasteiger partial charge in [-0.2, -0.15) is 0 Å². The van der Waals surface area contributed by atoms with Crippen LogP contribution in [-0.4, -0.2) is 22.3 Å². The molecule has 0 fully saturated rings. The Morgan fingerprint density at radius 1 is 0.909 bits per heavy atom. The molecule has 10 heteroatoms. The van der Waals surface area contributed by atoms with Crippen molar-refractivity contribution in [1.82, 2.24) is 0 Å². The highest BCUT2D eigenvalue weighted by Crippen LogP contribution is 2.75. The second kappa shape index (κ2) is 3.20. The monoisotopic (exact) mass is 332 g/mol. The third kappa shape index (κ3) is 2.60. The van der Waals surface area contributed by atoms with E-state index in [2.05, 4.69) is 31.9 Å². The molecule has 0 bridgehead atoms. The van der Waals surface area contributed by atoms with Gasteiger partial charge in [0.2, 0.25) is 0 Å². The van der Waals surface area contributed by atoms with E-state index in [1.807, 2.05) is 0 Å². The molecule has 0 unspecified atom stereocenters. The molecule has 0 atom stereocenters. The summed E-state index contributed by atoms with van der Waals surface area (Å²) in [6.45, 7) is 0. The Labute approximate surface area is 78.6 Å². The number of hydrogen-bond acceptors (Lipinski definition) is 2. The van der Waals surface area contributed by atoms with Gasteiger partial charge in [-0.1, -0.05) is 0 Å².